The molecule has 1 aliphatic rings. The Kier molecular flexibility index (Phi) is 3.79. The largest absolute Gasteiger partial charge is 0.465 e. The van der Waals surface area contributed by atoms with Crippen LogP contribution in [0.15, 0.2) is 18.2 Å². The first-order valence-corrected chi connectivity index (χ1v) is 6.12. The van der Waals surface area contributed by atoms with Crippen molar-refractivity contribution in [1.82, 2.24) is 5.32 Å². The first kappa shape index (κ1) is 12.1. The van der Waals surface area contributed by atoms with Gasteiger partial charge in [-0.05, 0) is 49.9 Å². The lowest BCUT2D eigenvalue weighted by atomic mass is 9.99. The predicted molar refractivity (Wildman–Crippen MR) is 67.2 cm³/mol. The van der Waals surface area contributed by atoms with Crippen LogP contribution in [0, 0.1) is 6.92 Å². The van der Waals surface area contributed by atoms with Gasteiger partial charge < -0.3 is 10.1 Å². The number of esters is 1. The maximum atomic E-state index is 11.5. The highest BCUT2D eigenvalue weighted by atomic mass is 16.5. The average Bonchev–Trinajstić information content (AvgIpc) is 2.81. The Labute approximate surface area is 102 Å². The minimum atomic E-state index is -0.256. The van der Waals surface area contributed by atoms with Gasteiger partial charge in [-0.2, -0.15) is 0 Å². The zero-order valence-electron chi connectivity index (χ0n) is 10.5. The second-order valence-electron chi connectivity index (χ2n) is 4.64. The van der Waals surface area contributed by atoms with Gasteiger partial charge in [0.15, 0.2) is 0 Å². The number of hydrogen-bond acceptors (Lipinski definition) is 3. The molecule has 0 amide bonds. The smallest absolute Gasteiger partial charge is 0.338 e. The van der Waals surface area contributed by atoms with E-state index < -0.39 is 0 Å². The van der Waals surface area contributed by atoms with Crippen LogP contribution in [0.25, 0.3) is 0 Å². The van der Waals surface area contributed by atoms with Gasteiger partial charge in [0.25, 0.3) is 0 Å². The van der Waals surface area contributed by atoms with Crippen molar-refractivity contribution in [2.45, 2.75) is 32.2 Å². The molecule has 1 saturated heterocycles. The number of aryl methyl sites for hydroxylation is 1. The lowest BCUT2D eigenvalue weighted by Gasteiger charge is -2.11. The van der Waals surface area contributed by atoms with Crippen molar-refractivity contribution in [2.75, 3.05) is 13.7 Å². The number of hydrogen-bond donors (Lipinski definition) is 1. The second-order valence-corrected chi connectivity index (χ2v) is 4.64. The van der Waals surface area contributed by atoms with E-state index in [4.69, 9.17) is 4.74 Å². The van der Waals surface area contributed by atoms with Gasteiger partial charge in [0.1, 0.15) is 0 Å². The van der Waals surface area contributed by atoms with Crippen molar-refractivity contribution in [3.8, 4) is 0 Å². The number of rotatable bonds is 3. The van der Waals surface area contributed by atoms with E-state index in [9.17, 15) is 4.79 Å². The molecule has 1 N–H and O–H groups in total. The van der Waals surface area contributed by atoms with Gasteiger partial charge in [0.2, 0.25) is 0 Å². The molecule has 1 aromatic rings. The molecule has 1 heterocycles. The molecule has 1 unspecified atom stereocenters. The van der Waals surface area contributed by atoms with Gasteiger partial charge >= 0.3 is 5.97 Å². The lowest BCUT2D eigenvalue weighted by molar-refractivity contribution is 0.0600. The Bertz CT molecular complexity index is 409. The molecule has 1 aliphatic heterocycles. The Morgan fingerprint density at radius 1 is 1.53 bits per heavy atom. The van der Waals surface area contributed by atoms with Crippen molar-refractivity contribution in [2.24, 2.45) is 0 Å². The van der Waals surface area contributed by atoms with Crippen molar-refractivity contribution in [3.05, 3.63) is 34.9 Å². The third-order valence-corrected chi connectivity index (χ3v) is 3.34. The summed E-state index contributed by atoms with van der Waals surface area (Å²) in [6, 6.07) is 6.58. The third-order valence-electron chi connectivity index (χ3n) is 3.34. The number of ether oxygens (including phenoxy) is 1. The number of methoxy groups -OCH3 is 1. The summed E-state index contributed by atoms with van der Waals surface area (Å²) in [6.07, 6.45) is 3.56. The number of carbonyl (C=O) groups is 1. The summed E-state index contributed by atoms with van der Waals surface area (Å²) < 4.78 is 4.74. The third kappa shape index (κ3) is 2.86. The summed E-state index contributed by atoms with van der Waals surface area (Å²) in [6.45, 7) is 3.09. The van der Waals surface area contributed by atoms with Gasteiger partial charge in [-0.25, -0.2) is 4.79 Å². The van der Waals surface area contributed by atoms with Crippen LogP contribution in [0.3, 0.4) is 0 Å². The Morgan fingerprint density at radius 2 is 2.35 bits per heavy atom. The van der Waals surface area contributed by atoms with Crippen LogP contribution in [-0.2, 0) is 11.2 Å². The summed E-state index contributed by atoms with van der Waals surface area (Å²) in [5.41, 5.74) is 2.94. The van der Waals surface area contributed by atoms with Gasteiger partial charge in [-0.3, -0.25) is 0 Å². The number of benzene rings is 1. The normalized spacial score (nSPS) is 19.3. The topological polar surface area (TPSA) is 38.3 Å². The summed E-state index contributed by atoms with van der Waals surface area (Å²) in [5, 5.41) is 3.48. The van der Waals surface area contributed by atoms with Crippen LogP contribution in [0.2, 0.25) is 0 Å². The lowest BCUT2D eigenvalue weighted by Crippen LogP contribution is -2.23. The monoisotopic (exact) mass is 233 g/mol. The van der Waals surface area contributed by atoms with Crippen LogP contribution in [0.4, 0.5) is 0 Å². The van der Waals surface area contributed by atoms with E-state index >= 15 is 0 Å². The molecule has 17 heavy (non-hydrogen) atoms. The van der Waals surface area contributed by atoms with E-state index in [2.05, 4.69) is 11.4 Å². The average molecular weight is 233 g/mol. The summed E-state index contributed by atoms with van der Waals surface area (Å²) in [4.78, 5) is 11.5. The van der Waals surface area contributed by atoms with Crippen LogP contribution < -0.4 is 5.32 Å². The Morgan fingerprint density at radius 3 is 2.94 bits per heavy atom. The molecule has 2 rings (SSSR count). The molecular formula is C14H19NO2. The predicted octanol–water partition coefficient (Wildman–Crippen LogP) is 2.08. The first-order chi connectivity index (χ1) is 8.20. The molecule has 3 heteroatoms. The number of nitrogens with one attached hydrogen (secondary N) is 1. The van der Waals surface area contributed by atoms with E-state index in [0.717, 1.165) is 18.5 Å². The maximum absolute atomic E-state index is 11.5. The van der Waals surface area contributed by atoms with E-state index in [-0.39, 0.29) is 5.97 Å². The fourth-order valence-electron chi connectivity index (χ4n) is 2.41. The molecule has 1 fully saturated rings. The fourth-order valence-corrected chi connectivity index (χ4v) is 2.41. The maximum Gasteiger partial charge on any atom is 0.338 e. The quantitative estimate of drug-likeness (QED) is 0.812. The minimum Gasteiger partial charge on any atom is -0.465 e. The fraction of sp³-hybridized carbons (Fsp3) is 0.500. The van der Waals surface area contributed by atoms with Gasteiger partial charge in [0, 0.05) is 6.04 Å². The summed E-state index contributed by atoms with van der Waals surface area (Å²) in [5.74, 6) is -0.256. The molecular weight excluding hydrogens is 214 g/mol. The van der Waals surface area contributed by atoms with Crippen molar-refractivity contribution >= 4 is 5.97 Å². The van der Waals surface area contributed by atoms with E-state index in [1.54, 1.807) is 0 Å². The van der Waals surface area contributed by atoms with Crippen LogP contribution >= 0.6 is 0 Å². The SMILES string of the molecule is COC(=O)c1ccc(CC2CCCN2)cc1C. The van der Waals surface area contributed by atoms with Crippen molar-refractivity contribution in [3.63, 3.8) is 0 Å². The molecule has 1 atom stereocenters. The van der Waals surface area contributed by atoms with Gasteiger partial charge in [0.05, 0.1) is 12.7 Å². The van der Waals surface area contributed by atoms with E-state index in [1.165, 1.54) is 25.5 Å². The Hall–Kier alpha value is -1.35. The van der Waals surface area contributed by atoms with Crippen LogP contribution in [-0.4, -0.2) is 25.7 Å². The first-order valence-electron chi connectivity index (χ1n) is 6.12. The van der Waals surface area contributed by atoms with E-state index in [1.807, 2.05) is 19.1 Å². The molecule has 0 spiro atoms. The zero-order chi connectivity index (χ0) is 12.3. The summed E-state index contributed by atoms with van der Waals surface area (Å²) in [7, 11) is 1.41. The summed E-state index contributed by atoms with van der Waals surface area (Å²) >= 11 is 0. The molecule has 92 valence electrons. The molecule has 0 aliphatic carbocycles. The minimum absolute atomic E-state index is 0.256. The molecule has 1 aromatic carbocycles. The molecule has 3 nitrogen and oxygen atoms in total. The molecule has 0 aromatic heterocycles. The van der Waals surface area contributed by atoms with Crippen LogP contribution in [0.5, 0.6) is 0 Å². The highest BCUT2D eigenvalue weighted by Gasteiger charge is 2.15. The highest BCUT2D eigenvalue weighted by Crippen LogP contribution is 2.16. The molecule has 0 bridgehead atoms. The number of carbonyl (C=O) groups excluding carboxylic acids is 1. The molecule has 0 saturated carbocycles. The molecule has 0 radical (unpaired) electrons. The zero-order valence-corrected chi connectivity index (χ0v) is 10.5. The van der Waals surface area contributed by atoms with Crippen LogP contribution in [0.1, 0.15) is 34.3 Å². The van der Waals surface area contributed by atoms with Gasteiger partial charge in [-0.15, -0.1) is 0 Å². The second kappa shape index (κ2) is 5.32. The Balaban J connectivity index is 2.10. The van der Waals surface area contributed by atoms with Gasteiger partial charge in [-0.1, -0.05) is 12.1 Å². The standard InChI is InChI=1S/C14H19NO2/c1-10-8-11(9-12-4-3-7-15-12)5-6-13(10)14(16)17-2/h5-6,8,12,15H,3-4,7,9H2,1-2H3. The van der Waals surface area contributed by atoms with Crippen molar-refractivity contribution in [1.29, 1.82) is 0 Å². The van der Waals surface area contributed by atoms with Crippen molar-refractivity contribution < 1.29 is 9.53 Å². The van der Waals surface area contributed by atoms with E-state index in [0.29, 0.717) is 11.6 Å². The highest BCUT2D eigenvalue weighted by molar-refractivity contribution is 5.90.